The number of hydrogen-bond donors (Lipinski definition) is 7. The minimum Gasteiger partial charge on any atom is -0.394 e. The molecule has 16 nitrogen and oxygen atoms in total. The normalized spacial score (nSPS) is 20.8. The van der Waals surface area contributed by atoms with Gasteiger partial charge in [0, 0.05) is 19.0 Å². The summed E-state index contributed by atoms with van der Waals surface area (Å²) in [5.41, 5.74) is 0.999. The summed E-state index contributed by atoms with van der Waals surface area (Å²) >= 11 is 0. The van der Waals surface area contributed by atoms with Crippen LogP contribution in [0.5, 0.6) is 0 Å². The van der Waals surface area contributed by atoms with Gasteiger partial charge in [0.15, 0.2) is 11.8 Å². The summed E-state index contributed by atoms with van der Waals surface area (Å²) in [5, 5.41) is 76.0. The number of nitrogens with zero attached hydrogens (tertiary/aromatic N) is 3. The Hall–Kier alpha value is -3.25. The molecule has 1 aromatic carbocycles. The number of carbonyl (C=O) groups is 1. The van der Waals surface area contributed by atoms with Gasteiger partial charge in [0.05, 0.1) is 36.0 Å². The largest absolute Gasteiger partial charge is 0.394 e. The molecule has 16 heteroatoms. The molecule has 1 fully saturated rings. The van der Waals surface area contributed by atoms with Crippen LogP contribution in [-0.2, 0) is 14.3 Å². The average molecular weight is 822 g/mol. The molecule has 1 aromatic heterocycles. The van der Waals surface area contributed by atoms with Crippen LogP contribution < -0.4 is 10.6 Å². The van der Waals surface area contributed by atoms with Crippen molar-refractivity contribution in [1.82, 2.24) is 15.6 Å². The van der Waals surface area contributed by atoms with Crippen LogP contribution in [0.1, 0.15) is 148 Å². The van der Waals surface area contributed by atoms with Crippen molar-refractivity contribution in [3.63, 3.8) is 0 Å². The minimum absolute atomic E-state index is 0.131. The van der Waals surface area contributed by atoms with E-state index in [-0.39, 0.29) is 30.1 Å². The minimum atomic E-state index is -1.59. The SMILES string of the molecule is CCCCCCCCCCCCCC=CC(O)C(COC1OC(CO)C(O)C(O)C1O)NC(=O)CCCCCCCCCCCNc1ccc([N+](=O)[O-])c2nonc12. The highest BCUT2D eigenvalue weighted by Gasteiger charge is 2.44. The number of aliphatic hydroxyl groups is 5. The van der Waals surface area contributed by atoms with Gasteiger partial charge in [0.1, 0.15) is 24.4 Å². The molecule has 0 saturated carbocycles. The van der Waals surface area contributed by atoms with Crippen LogP contribution in [0.4, 0.5) is 11.4 Å². The molecule has 0 spiro atoms. The Kier molecular flexibility index (Phi) is 24.6. The van der Waals surface area contributed by atoms with E-state index in [1.54, 1.807) is 12.1 Å². The number of rotatable bonds is 33. The highest BCUT2D eigenvalue weighted by Crippen LogP contribution is 2.29. The highest BCUT2D eigenvalue weighted by molar-refractivity contribution is 5.93. The monoisotopic (exact) mass is 822 g/mol. The summed E-state index contributed by atoms with van der Waals surface area (Å²) in [6, 6.07) is 2.17. The summed E-state index contributed by atoms with van der Waals surface area (Å²) in [4.78, 5) is 23.6. The molecule has 0 aliphatic carbocycles. The number of ether oxygens (including phenoxy) is 2. The number of non-ortho nitro benzene ring substituents is 1. The number of hydrogen-bond acceptors (Lipinski definition) is 14. The zero-order valence-corrected chi connectivity index (χ0v) is 34.6. The lowest BCUT2D eigenvalue weighted by molar-refractivity contribution is -0.383. The van der Waals surface area contributed by atoms with Crippen molar-refractivity contribution in [2.45, 2.75) is 191 Å². The van der Waals surface area contributed by atoms with E-state index >= 15 is 0 Å². The van der Waals surface area contributed by atoms with Crippen LogP contribution in [0, 0.1) is 10.1 Å². The molecule has 3 rings (SSSR count). The van der Waals surface area contributed by atoms with Crippen LogP contribution >= 0.6 is 0 Å². The van der Waals surface area contributed by atoms with Gasteiger partial charge in [-0.3, -0.25) is 14.9 Å². The maximum absolute atomic E-state index is 13.0. The van der Waals surface area contributed by atoms with Gasteiger partial charge in [0.25, 0.3) is 0 Å². The lowest BCUT2D eigenvalue weighted by Gasteiger charge is -2.40. The average Bonchev–Trinajstić information content (AvgIpc) is 3.71. The zero-order valence-electron chi connectivity index (χ0n) is 34.6. The molecule has 2 heterocycles. The van der Waals surface area contributed by atoms with Crippen LogP contribution in [-0.4, -0.2) is 109 Å². The number of aliphatic hydroxyl groups excluding tert-OH is 5. The van der Waals surface area contributed by atoms with E-state index in [9.17, 15) is 40.4 Å². The first-order chi connectivity index (χ1) is 28.2. The van der Waals surface area contributed by atoms with E-state index in [0.717, 1.165) is 70.6 Å². The Bertz CT molecular complexity index is 1440. The van der Waals surface area contributed by atoms with Crippen molar-refractivity contribution in [1.29, 1.82) is 0 Å². The zero-order chi connectivity index (χ0) is 42.0. The summed E-state index contributed by atoms with van der Waals surface area (Å²) in [5.74, 6) is -0.233. The van der Waals surface area contributed by atoms with Crippen LogP contribution in [0.2, 0.25) is 0 Å². The van der Waals surface area contributed by atoms with Crippen molar-refractivity contribution in [3.05, 3.63) is 34.4 Å². The van der Waals surface area contributed by atoms with Crippen molar-refractivity contribution in [2.75, 3.05) is 25.1 Å². The number of unbranched alkanes of at least 4 members (excludes halogenated alkanes) is 19. The molecule has 7 N–H and O–H groups in total. The number of nitro benzene ring substituents is 1. The molecule has 2 aromatic rings. The number of benzene rings is 1. The smallest absolute Gasteiger partial charge is 0.300 e. The third-order valence-electron chi connectivity index (χ3n) is 10.8. The van der Waals surface area contributed by atoms with Gasteiger partial charge in [-0.25, -0.2) is 4.63 Å². The van der Waals surface area contributed by atoms with Crippen LogP contribution in [0.25, 0.3) is 11.0 Å². The number of fused-ring (bicyclic) bond motifs is 1. The van der Waals surface area contributed by atoms with Crippen molar-refractivity contribution >= 4 is 28.3 Å². The lowest BCUT2D eigenvalue weighted by atomic mass is 9.99. The van der Waals surface area contributed by atoms with Gasteiger partial charge in [0.2, 0.25) is 11.4 Å². The number of anilines is 1. The fourth-order valence-corrected chi connectivity index (χ4v) is 7.22. The maximum atomic E-state index is 13.0. The Morgan fingerprint density at radius 2 is 1.43 bits per heavy atom. The number of carbonyl (C=O) groups excluding carboxylic acids is 1. The van der Waals surface area contributed by atoms with Gasteiger partial charge in [-0.2, -0.15) is 0 Å². The van der Waals surface area contributed by atoms with Gasteiger partial charge >= 0.3 is 5.69 Å². The fourth-order valence-electron chi connectivity index (χ4n) is 7.22. The predicted molar refractivity (Wildman–Crippen MR) is 221 cm³/mol. The Morgan fingerprint density at radius 1 is 0.845 bits per heavy atom. The van der Waals surface area contributed by atoms with Crippen molar-refractivity contribution < 1.29 is 49.4 Å². The number of aromatic nitrogens is 2. The van der Waals surface area contributed by atoms with E-state index in [0.29, 0.717) is 24.2 Å². The first-order valence-corrected chi connectivity index (χ1v) is 21.9. The van der Waals surface area contributed by atoms with Crippen molar-refractivity contribution in [3.8, 4) is 0 Å². The van der Waals surface area contributed by atoms with Gasteiger partial charge in [-0.15, -0.1) is 0 Å². The number of nitrogens with one attached hydrogen (secondary N) is 2. The molecule has 7 unspecified atom stereocenters. The van der Waals surface area contributed by atoms with Crippen LogP contribution in [0.3, 0.4) is 0 Å². The van der Waals surface area contributed by atoms with Gasteiger partial charge in [-0.05, 0) is 42.1 Å². The standard InChI is InChI=1S/C42H71N5O11/c1-2-3-4-5-6-7-8-9-10-12-15-18-21-24-34(49)32(30-56-42-41(53)40(52)39(51)35(29-48)57-42)44-36(50)25-22-19-16-13-11-14-17-20-23-28-43-31-26-27-33(47(54)55)38-37(31)45-58-46-38/h21,24,26-27,32,34-35,39-43,48-49,51-53H,2-20,22-23,25,28-30H2,1H3,(H,44,50). The second-order valence-corrected chi connectivity index (χ2v) is 15.7. The topological polar surface area (TPSA) is 243 Å². The van der Waals surface area contributed by atoms with E-state index in [1.165, 1.54) is 63.9 Å². The molecular weight excluding hydrogens is 750 g/mol. The van der Waals surface area contributed by atoms with Crippen molar-refractivity contribution in [2.24, 2.45) is 0 Å². The molecule has 7 atom stereocenters. The Labute approximate surface area is 343 Å². The summed E-state index contributed by atoms with van der Waals surface area (Å²) in [6.07, 6.45) is 19.1. The molecule has 1 aliphatic heterocycles. The second-order valence-electron chi connectivity index (χ2n) is 15.7. The molecule has 1 saturated heterocycles. The van der Waals surface area contributed by atoms with Crippen LogP contribution in [0.15, 0.2) is 28.9 Å². The molecule has 1 aliphatic rings. The molecule has 1 amide bonds. The number of nitro groups is 1. The summed E-state index contributed by atoms with van der Waals surface area (Å²) in [6.45, 7) is 2.12. The quantitative estimate of drug-likeness (QED) is 0.0179. The molecule has 58 heavy (non-hydrogen) atoms. The first kappa shape index (κ1) is 49.1. The Morgan fingerprint density at radius 3 is 2.05 bits per heavy atom. The van der Waals surface area contributed by atoms with Gasteiger partial charge < -0.3 is 45.6 Å². The van der Waals surface area contributed by atoms with E-state index in [4.69, 9.17) is 14.1 Å². The highest BCUT2D eigenvalue weighted by atomic mass is 16.7. The first-order valence-electron chi connectivity index (χ1n) is 21.9. The van der Waals surface area contributed by atoms with E-state index < -0.39 is 54.4 Å². The Balaban J connectivity index is 1.30. The summed E-state index contributed by atoms with van der Waals surface area (Å²) < 4.78 is 15.9. The fraction of sp³-hybridized carbons (Fsp3) is 0.786. The maximum Gasteiger partial charge on any atom is 0.300 e. The van der Waals surface area contributed by atoms with E-state index in [1.807, 2.05) is 6.08 Å². The lowest BCUT2D eigenvalue weighted by Crippen LogP contribution is -2.60. The predicted octanol–water partition coefficient (Wildman–Crippen LogP) is 6.36. The number of amides is 1. The third kappa shape index (κ3) is 17.9. The molecule has 330 valence electrons. The summed E-state index contributed by atoms with van der Waals surface area (Å²) in [7, 11) is 0. The molecule has 0 bridgehead atoms. The molecule has 0 radical (unpaired) electrons. The number of allylic oxidation sites excluding steroid dienone is 1. The van der Waals surface area contributed by atoms with Gasteiger partial charge in [-0.1, -0.05) is 128 Å². The second kappa shape index (κ2) is 29.1. The molecular formula is C42H71N5O11. The third-order valence-corrected chi connectivity index (χ3v) is 10.8. The van der Waals surface area contributed by atoms with E-state index in [2.05, 4.69) is 27.9 Å².